The monoisotopic (exact) mass is 488 g/mol. The van der Waals surface area contributed by atoms with Gasteiger partial charge in [0.2, 0.25) is 0 Å². The number of anilines is 2. The zero-order valence-electron chi connectivity index (χ0n) is 14.9. The molecule has 0 aliphatic carbocycles. The van der Waals surface area contributed by atoms with Crippen molar-refractivity contribution in [1.82, 2.24) is 0 Å². The van der Waals surface area contributed by atoms with Crippen molar-refractivity contribution in [2.75, 3.05) is 10.6 Å². The first-order chi connectivity index (χ1) is 13.8. The first-order valence-corrected chi connectivity index (χ1v) is 11.5. The molecule has 2 aromatic rings. The summed E-state index contributed by atoms with van der Waals surface area (Å²) in [5.74, 6) is 0. The van der Waals surface area contributed by atoms with Crippen molar-refractivity contribution in [3.05, 3.63) is 47.5 Å². The minimum atomic E-state index is -4.64. The topological polar surface area (TPSA) is 185 Å². The van der Waals surface area contributed by atoms with Crippen LogP contribution >= 0.6 is 24.4 Å². The van der Waals surface area contributed by atoms with Crippen LogP contribution in [-0.2, 0) is 20.2 Å². The van der Waals surface area contributed by atoms with E-state index in [1.807, 2.05) is 0 Å². The van der Waals surface area contributed by atoms with Gasteiger partial charge in [0.25, 0.3) is 20.2 Å². The summed E-state index contributed by atoms with van der Waals surface area (Å²) >= 11 is 9.37. The lowest BCUT2D eigenvalue weighted by Gasteiger charge is -2.10. The minimum Gasteiger partial charge on any atom is -0.376 e. The average Bonchev–Trinajstić information content (AvgIpc) is 2.58. The summed E-state index contributed by atoms with van der Waals surface area (Å²) in [5.41, 5.74) is 11.2. The molecule has 0 amide bonds. The van der Waals surface area contributed by atoms with Crippen molar-refractivity contribution in [1.29, 1.82) is 0 Å². The van der Waals surface area contributed by atoms with E-state index in [-0.39, 0.29) is 32.7 Å². The first-order valence-electron chi connectivity index (χ1n) is 7.81. The molecule has 0 heterocycles. The van der Waals surface area contributed by atoms with E-state index < -0.39 is 30.0 Å². The molecule has 2 rings (SSSR count). The Bertz CT molecular complexity index is 1160. The van der Waals surface area contributed by atoms with E-state index in [4.69, 9.17) is 11.5 Å². The maximum Gasteiger partial charge on any atom is 0.295 e. The highest BCUT2D eigenvalue weighted by Gasteiger charge is 2.17. The van der Waals surface area contributed by atoms with Gasteiger partial charge in [0.1, 0.15) is 9.79 Å². The van der Waals surface area contributed by atoms with Crippen molar-refractivity contribution in [3.8, 4) is 0 Å². The molecule has 0 saturated carbocycles. The van der Waals surface area contributed by atoms with Crippen LogP contribution in [0.3, 0.4) is 0 Å². The summed E-state index contributed by atoms with van der Waals surface area (Å²) in [6.07, 6.45) is 2.50. The molecular formula is C16H16N4O6S4. The van der Waals surface area contributed by atoms with Gasteiger partial charge in [-0.2, -0.15) is 16.8 Å². The number of hydrogen-bond acceptors (Lipinski definition) is 6. The highest BCUT2D eigenvalue weighted by molar-refractivity contribution is 7.86. The zero-order chi connectivity index (χ0) is 22.7. The van der Waals surface area contributed by atoms with Crippen molar-refractivity contribution in [2.45, 2.75) is 9.79 Å². The Morgan fingerprint density at radius 1 is 0.767 bits per heavy atom. The van der Waals surface area contributed by atoms with Gasteiger partial charge >= 0.3 is 0 Å². The van der Waals surface area contributed by atoms with Crippen LogP contribution in [0.25, 0.3) is 12.2 Å². The Morgan fingerprint density at radius 3 is 1.37 bits per heavy atom. The number of thiocarbonyl (C=S) groups is 2. The zero-order valence-corrected chi connectivity index (χ0v) is 18.2. The lowest BCUT2D eigenvalue weighted by atomic mass is 10.1. The molecule has 0 fully saturated rings. The third kappa shape index (κ3) is 6.45. The molecule has 14 heteroatoms. The summed E-state index contributed by atoms with van der Waals surface area (Å²) in [7, 11) is -9.27. The molecule has 0 aliphatic heterocycles. The minimum absolute atomic E-state index is 0.0395. The van der Waals surface area contributed by atoms with Crippen molar-refractivity contribution in [2.24, 2.45) is 11.5 Å². The Morgan fingerprint density at radius 2 is 1.10 bits per heavy atom. The molecule has 0 aliphatic rings. The molecule has 0 bridgehead atoms. The third-order valence-corrected chi connectivity index (χ3v) is 5.58. The maximum absolute atomic E-state index is 11.7. The van der Waals surface area contributed by atoms with Crippen LogP contribution in [0.15, 0.2) is 46.2 Å². The van der Waals surface area contributed by atoms with Gasteiger partial charge in [-0.25, -0.2) is 0 Å². The van der Waals surface area contributed by atoms with Gasteiger partial charge in [-0.15, -0.1) is 0 Å². The first kappa shape index (κ1) is 23.7. The van der Waals surface area contributed by atoms with Crippen LogP contribution in [0, 0.1) is 0 Å². The predicted octanol–water partition coefficient (Wildman–Crippen LogP) is 1.66. The number of benzene rings is 2. The fourth-order valence-electron chi connectivity index (χ4n) is 2.41. The third-order valence-electron chi connectivity index (χ3n) is 3.56. The van der Waals surface area contributed by atoms with Crippen LogP contribution in [0.4, 0.5) is 11.4 Å². The van der Waals surface area contributed by atoms with Crippen molar-refractivity contribution < 1.29 is 25.9 Å². The van der Waals surface area contributed by atoms with Gasteiger partial charge in [-0.1, -0.05) is 24.3 Å². The SMILES string of the molecule is NC(=S)Nc1ccc(/C=C/c2ccc(NC(N)=S)cc2S(=O)(=O)O)c(S(=O)(=O)O)c1. The van der Waals surface area contributed by atoms with Gasteiger partial charge in [-0.05, 0) is 59.8 Å². The molecular weight excluding hydrogens is 472 g/mol. The lowest BCUT2D eigenvalue weighted by molar-refractivity contribution is 0.480. The van der Waals surface area contributed by atoms with E-state index in [1.165, 1.54) is 36.4 Å². The summed E-state index contributed by atoms with van der Waals surface area (Å²) in [6, 6.07) is 7.80. The van der Waals surface area contributed by atoms with Gasteiger partial charge in [0.05, 0.1) is 0 Å². The standard InChI is InChI=1S/C16H16N4O6S4/c17-15(27)19-11-5-3-9(13(7-11)29(21,22)23)1-2-10-4-6-12(20-16(18)28)8-14(10)30(24,25)26/h1-8H,(H3,17,19,27)(H3,18,20,28)(H,21,22,23)(H,24,25,26)/b2-1+. The van der Waals surface area contributed by atoms with Crippen LogP contribution in [0.2, 0.25) is 0 Å². The Hall–Kier alpha value is -2.62. The highest BCUT2D eigenvalue weighted by atomic mass is 32.2. The van der Waals surface area contributed by atoms with Gasteiger partial charge in [0.15, 0.2) is 10.2 Å². The Labute approximate surface area is 183 Å². The molecule has 10 nitrogen and oxygen atoms in total. The summed E-state index contributed by atoms with van der Waals surface area (Å²) in [6.45, 7) is 0. The molecule has 2 aromatic carbocycles. The normalized spacial score (nSPS) is 11.9. The molecule has 30 heavy (non-hydrogen) atoms. The smallest absolute Gasteiger partial charge is 0.295 e. The van der Waals surface area contributed by atoms with Crippen LogP contribution in [0.5, 0.6) is 0 Å². The number of nitrogens with two attached hydrogens (primary N) is 2. The fourth-order valence-corrected chi connectivity index (χ4v) is 4.07. The molecule has 0 spiro atoms. The summed E-state index contributed by atoms with van der Waals surface area (Å²) < 4.78 is 66.0. The second kappa shape index (κ2) is 9.03. The van der Waals surface area contributed by atoms with Gasteiger partial charge in [-0.3, -0.25) is 9.11 Å². The average molecular weight is 489 g/mol. The summed E-state index contributed by atoms with van der Waals surface area (Å²) in [5, 5.41) is 4.86. The molecule has 8 N–H and O–H groups in total. The molecule has 0 unspecified atom stereocenters. The number of rotatable bonds is 6. The van der Waals surface area contributed by atoms with Gasteiger partial charge in [0, 0.05) is 11.4 Å². The Kier molecular flexibility index (Phi) is 7.12. The van der Waals surface area contributed by atoms with Crippen LogP contribution < -0.4 is 22.1 Å². The van der Waals surface area contributed by atoms with E-state index in [0.29, 0.717) is 0 Å². The molecule has 0 aromatic heterocycles. The second-order valence-corrected chi connectivity index (χ2v) is 9.43. The van der Waals surface area contributed by atoms with E-state index in [2.05, 4.69) is 35.1 Å². The van der Waals surface area contributed by atoms with E-state index in [9.17, 15) is 25.9 Å². The molecule has 0 atom stereocenters. The highest BCUT2D eigenvalue weighted by Crippen LogP contribution is 2.26. The van der Waals surface area contributed by atoms with Crippen LogP contribution in [-0.4, -0.2) is 36.2 Å². The Balaban J connectivity index is 2.56. The molecule has 160 valence electrons. The predicted molar refractivity (Wildman–Crippen MR) is 122 cm³/mol. The summed E-state index contributed by atoms with van der Waals surface area (Å²) in [4.78, 5) is -0.944. The van der Waals surface area contributed by atoms with E-state index in [1.54, 1.807) is 0 Å². The van der Waals surface area contributed by atoms with Gasteiger partial charge < -0.3 is 22.1 Å². The molecule has 0 saturated heterocycles. The maximum atomic E-state index is 11.7. The largest absolute Gasteiger partial charge is 0.376 e. The second-order valence-electron chi connectivity index (χ2n) is 5.77. The number of nitrogens with one attached hydrogen (secondary N) is 2. The lowest BCUT2D eigenvalue weighted by Crippen LogP contribution is -2.19. The van der Waals surface area contributed by atoms with Crippen molar-refractivity contribution in [3.63, 3.8) is 0 Å². The van der Waals surface area contributed by atoms with E-state index in [0.717, 1.165) is 12.1 Å². The van der Waals surface area contributed by atoms with E-state index >= 15 is 0 Å². The fraction of sp³-hybridized carbons (Fsp3) is 0. The molecule has 0 radical (unpaired) electrons. The quantitative estimate of drug-likeness (QED) is 0.196. The van der Waals surface area contributed by atoms with Crippen LogP contribution in [0.1, 0.15) is 11.1 Å². The number of hydrogen-bond donors (Lipinski definition) is 6. The van der Waals surface area contributed by atoms with Crippen molar-refractivity contribution >= 4 is 78.4 Å².